The molecule has 0 aromatic heterocycles. The fourth-order valence-corrected chi connectivity index (χ4v) is 4.71. The van der Waals surface area contributed by atoms with Crippen molar-refractivity contribution in [3.8, 4) is 0 Å². The number of piperidine rings is 1. The maximum absolute atomic E-state index is 12.6. The van der Waals surface area contributed by atoms with Crippen molar-refractivity contribution < 1.29 is 8.42 Å². The number of nitrogens with zero attached hydrogens (tertiary/aromatic N) is 1. The molecule has 5 nitrogen and oxygen atoms in total. The van der Waals surface area contributed by atoms with Crippen molar-refractivity contribution in [1.29, 1.82) is 0 Å². The van der Waals surface area contributed by atoms with Gasteiger partial charge in [-0.2, -0.15) is 17.4 Å². The molecule has 0 aromatic carbocycles. The number of rotatable bonds is 9. The van der Waals surface area contributed by atoms with E-state index in [9.17, 15) is 8.42 Å². The lowest BCUT2D eigenvalue weighted by Gasteiger charge is -2.33. The Morgan fingerprint density at radius 1 is 1.19 bits per heavy atom. The molecule has 1 aliphatic heterocycles. The maximum Gasteiger partial charge on any atom is 0.279 e. The third-order valence-corrected chi connectivity index (χ3v) is 6.27. The molecule has 0 radical (unpaired) electrons. The van der Waals surface area contributed by atoms with Gasteiger partial charge in [-0.3, -0.25) is 0 Å². The van der Waals surface area contributed by atoms with Crippen LogP contribution in [0.15, 0.2) is 0 Å². The highest BCUT2D eigenvalue weighted by Crippen LogP contribution is 2.34. The largest absolute Gasteiger partial charge is 0.317 e. The molecule has 1 saturated heterocycles. The van der Waals surface area contributed by atoms with Gasteiger partial charge >= 0.3 is 0 Å². The molecular weight excluding hydrogens is 286 g/mol. The maximum atomic E-state index is 12.6. The standard InChI is InChI=1S/C15H31N3O2S/c1-3-15(10-13-7-8-13)17-21(19,20)18-9-5-6-14(12-18)11-16-4-2/h13-17H,3-12H2,1-2H3. The first-order chi connectivity index (χ1) is 10.0. The highest BCUT2D eigenvalue weighted by molar-refractivity contribution is 7.87. The van der Waals surface area contributed by atoms with Gasteiger partial charge in [-0.1, -0.05) is 26.7 Å². The first kappa shape index (κ1) is 17.2. The van der Waals surface area contributed by atoms with Crippen LogP contribution in [0, 0.1) is 11.8 Å². The van der Waals surface area contributed by atoms with Crippen LogP contribution in [0.3, 0.4) is 0 Å². The lowest BCUT2D eigenvalue weighted by Crippen LogP contribution is -2.50. The summed E-state index contributed by atoms with van der Waals surface area (Å²) in [5, 5.41) is 3.33. The number of nitrogens with one attached hydrogen (secondary N) is 2. The second kappa shape index (κ2) is 7.90. The van der Waals surface area contributed by atoms with Gasteiger partial charge < -0.3 is 5.32 Å². The Hall–Kier alpha value is -0.170. The van der Waals surface area contributed by atoms with Gasteiger partial charge in [0, 0.05) is 19.1 Å². The fraction of sp³-hybridized carbons (Fsp3) is 1.00. The number of hydrogen-bond acceptors (Lipinski definition) is 3. The van der Waals surface area contributed by atoms with E-state index in [0.717, 1.165) is 44.7 Å². The van der Waals surface area contributed by atoms with Gasteiger partial charge in [0.05, 0.1) is 0 Å². The van der Waals surface area contributed by atoms with E-state index in [-0.39, 0.29) is 6.04 Å². The quantitative estimate of drug-likeness (QED) is 0.681. The molecule has 2 atom stereocenters. The van der Waals surface area contributed by atoms with E-state index >= 15 is 0 Å². The third kappa shape index (κ3) is 5.51. The molecule has 0 aromatic rings. The normalized spacial score (nSPS) is 25.9. The molecule has 2 fully saturated rings. The molecule has 6 heteroatoms. The van der Waals surface area contributed by atoms with Crippen LogP contribution in [0.2, 0.25) is 0 Å². The fourth-order valence-electron chi connectivity index (χ4n) is 3.10. The summed E-state index contributed by atoms with van der Waals surface area (Å²) in [6, 6.07) is 0.108. The zero-order valence-corrected chi connectivity index (χ0v) is 14.3. The van der Waals surface area contributed by atoms with E-state index in [2.05, 4.69) is 23.9 Å². The van der Waals surface area contributed by atoms with Crippen molar-refractivity contribution in [1.82, 2.24) is 14.3 Å². The lowest BCUT2D eigenvalue weighted by atomic mass is 10.00. The van der Waals surface area contributed by atoms with Crippen LogP contribution in [-0.2, 0) is 10.2 Å². The van der Waals surface area contributed by atoms with Crippen molar-refractivity contribution in [2.24, 2.45) is 11.8 Å². The molecule has 2 rings (SSSR count). The molecule has 0 bridgehead atoms. The SMILES string of the molecule is CCNCC1CCCN(S(=O)(=O)NC(CC)CC2CC2)C1. The van der Waals surface area contributed by atoms with Gasteiger partial charge in [0.15, 0.2) is 0 Å². The van der Waals surface area contributed by atoms with Crippen molar-refractivity contribution in [2.45, 2.75) is 58.4 Å². The number of hydrogen-bond donors (Lipinski definition) is 2. The Morgan fingerprint density at radius 2 is 1.95 bits per heavy atom. The molecule has 1 saturated carbocycles. The Labute approximate surface area is 130 Å². The summed E-state index contributed by atoms with van der Waals surface area (Å²) in [7, 11) is -3.31. The molecule has 1 aliphatic carbocycles. The van der Waals surface area contributed by atoms with Crippen molar-refractivity contribution in [3.63, 3.8) is 0 Å². The van der Waals surface area contributed by atoms with Gasteiger partial charge in [-0.15, -0.1) is 0 Å². The lowest BCUT2D eigenvalue weighted by molar-refractivity contribution is 0.256. The third-order valence-electron chi connectivity index (χ3n) is 4.63. The monoisotopic (exact) mass is 317 g/mol. The molecular formula is C15H31N3O2S. The first-order valence-corrected chi connectivity index (χ1v) is 9.97. The molecule has 124 valence electrons. The highest BCUT2D eigenvalue weighted by atomic mass is 32.2. The summed E-state index contributed by atoms with van der Waals surface area (Å²) in [5.41, 5.74) is 0. The molecule has 21 heavy (non-hydrogen) atoms. The Balaban J connectivity index is 1.87. The minimum absolute atomic E-state index is 0.108. The summed E-state index contributed by atoms with van der Waals surface area (Å²) in [6.07, 6.45) is 6.52. The second-order valence-corrected chi connectivity index (χ2v) is 8.28. The van der Waals surface area contributed by atoms with Gasteiger partial charge in [-0.05, 0) is 50.6 Å². The summed E-state index contributed by atoms with van der Waals surface area (Å²) in [5.74, 6) is 1.19. The average Bonchev–Trinajstić information content (AvgIpc) is 3.28. The Bertz CT molecular complexity index is 409. The topological polar surface area (TPSA) is 61.4 Å². The molecule has 2 N–H and O–H groups in total. The first-order valence-electron chi connectivity index (χ1n) is 8.53. The van der Waals surface area contributed by atoms with Crippen molar-refractivity contribution >= 4 is 10.2 Å². The van der Waals surface area contributed by atoms with Crippen LogP contribution in [0.1, 0.15) is 52.4 Å². The van der Waals surface area contributed by atoms with E-state index in [0.29, 0.717) is 19.0 Å². The summed E-state index contributed by atoms with van der Waals surface area (Å²) >= 11 is 0. The minimum Gasteiger partial charge on any atom is -0.317 e. The van der Waals surface area contributed by atoms with Crippen molar-refractivity contribution in [3.05, 3.63) is 0 Å². The molecule has 1 heterocycles. The summed E-state index contributed by atoms with van der Waals surface area (Å²) in [4.78, 5) is 0. The molecule has 2 unspecified atom stereocenters. The smallest absolute Gasteiger partial charge is 0.279 e. The van der Waals surface area contributed by atoms with E-state index in [1.54, 1.807) is 4.31 Å². The zero-order chi connectivity index (χ0) is 15.3. The predicted molar refractivity (Wildman–Crippen MR) is 86.3 cm³/mol. The zero-order valence-electron chi connectivity index (χ0n) is 13.5. The van der Waals surface area contributed by atoms with Gasteiger partial charge in [0.1, 0.15) is 0 Å². The molecule has 2 aliphatic rings. The highest BCUT2D eigenvalue weighted by Gasteiger charge is 2.32. The molecule has 0 amide bonds. The van der Waals surface area contributed by atoms with E-state index in [4.69, 9.17) is 0 Å². The van der Waals surface area contributed by atoms with Gasteiger partial charge in [0.2, 0.25) is 0 Å². The molecule has 0 spiro atoms. The van der Waals surface area contributed by atoms with Gasteiger partial charge in [0.25, 0.3) is 10.2 Å². The average molecular weight is 317 g/mol. The van der Waals surface area contributed by atoms with Crippen molar-refractivity contribution in [2.75, 3.05) is 26.2 Å². The summed E-state index contributed by atoms with van der Waals surface area (Å²) < 4.78 is 29.7. The Morgan fingerprint density at radius 3 is 2.57 bits per heavy atom. The van der Waals surface area contributed by atoms with Crippen LogP contribution in [0.25, 0.3) is 0 Å². The minimum atomic E-state index is -3.31. The second-order valence-electron chi connectivity index (χ2n) is 6.58. The van der Waals surface area contributed by atoms with E-state index in [1.165, 1.54) is 12.8 Å². The van der Waals surface area contributed by atoms with Crippen LogP contribution in [-0.4, -0.2) is 44.9 Å². The van der Waals surface area contributed by atoms with Crippen LogP contribution in [0.4, 0.5) is 0 Å². The van der Waals surface area contributed by atoms with Crippen LogP contribution in [0.5, 0.6) is 0 Å². The predicted octanol–water partition coefficient (Wildman–Crippen LogP) is 1.72. The van der Waals surface area contributed by atoms with Crippen LogP contribution >= 0.6 is 0 Å². The van der Waals surface area contributed by atoms with E-state index in [1.807, 2.05) is 0 Å². The Kier molecular flexibility index (Phi) is 6.47. The summed E-state index contributed by atoms with van der Waals surface area (Å²) in [6.45, 7) is 7.34. The van der Waals surface area contributed by atoms with Crippen LogP contribution < -0.4 is 10.0 Å². The van der Waals surface area contributed by atoms with E-state index < -0.39 is 10.2 Å². The van der Waals surface area contributed by atoms with Gasteiger partial charge in [-0.25, -0.2) is 0 Å².